The van der Waals surface area contributed by atoms with E-state index >= 15 is 0 Å². The highest BCUT2D eigenvalue weighted by Crippen LogP contribution is 2.35. The fourth-order valence-electron chi connectivity index (χ4n) is 2.59. The summed E-state index contributed by atoms with van der Waals surface area (Å²) < 4.78 is 40.4. The van der Waals surface area contributed by atoms with Gasteiger partial charge in [-0.25, -0.2) is 12.8 Å². The molecule has 112 valence electrons. The van der Waals surface area contributed by atoms with Crippen LogP contribution < -0.4 is 4.31 Å². The third-order valence-corrected chi connectivity index (χ3v) is 5.81. The third kappa shape index (κ3) is 2.20. The number of benzene rings is 1. The van der Waals surface area contributed by atoms with E-state index in [9.17, 15) is 12.8 Å². The van der Waals surface area contributed by atoms with Gasteiger partial charge in [-0.1, -0.05) is 6.07 Å². The second-order valence-electron chi connectivity index (χ2n) is 4.86. The first-order valence-electron chi connectivity index (χ1n) is 6.36. The van der Waals surface area contributed by atoms with Gasteiger partial charge in [0.2, 0.25) is 0 Å². The van der Waals surface area contributed by atoms with E-state index in [-0.39, 0.29) is 23.0 Å². The topological polar surface area (TPSA) is 66.1 Å². The van der Waals surface area contributed by atoms with E-state index in [1.807, 2.05) is 0 Å². The van der Waals surface area contributed by atoms with Crippen molar-refractivity contribution in [1.82, 2.24) is 10.2 Å². The summed E-state index contributed by atoms with van der Waals surface area (Å²) in [6.45, 7) is 1.91. The summed E-state index contributed by atoms with van der Waals surface area (Å²) in [4.78, 5) is 0.0783. The van der Waals surface area contributed by atoms with Gasteiger partial charge in [-0.05, 0) is 31.0 Å². The maximum atomic E-state index is 13.4. The number of aromatic nitrogens is 2. The fraction of sp³-hybridized carbons (Fsp3) is 0.308. The summed E-state index contributed by atoms with van der Waals surface area (Å²) >= 11 is 5.76. The molecule has 0 bridgehead atoms. The number of nitrogens with one attached hydrogen (secondary N) is 1. The molecule has 8 heteroatoms. The molecule has 0 aliphatic carbocycles. The Kier molecular flexibility index (Phi) is 3.41. The summed E-state index contributed by atoms with van der Waals surface area (Å²) in [5.74, 6) is -0.472. The zero-order valence-electron chi connectivity index (χ0n) is 11.2. The predicted octanol–water partition coefficient (Wildman–Crippen LogP) is 2.35. The molecule has 0 fully saturated rings. The Morgan fingerprint density at radius 1 is 1.48 bits per heavy atom. The Labute approximate surface area is 126 Å². The van der Waals surface area contributed by atoms with Gasteiger partial charge in [0.05, 0.1) is 23.0 Å². The standard InChI is InChI=1S/C13H13ClFN3O2S/c1-8-13(11(7-14)17-16-8)21(19,20)18-5-4-9-2-3-10(15)6-12(9)18/h2-3,6H,4-5,7H2,1H3,(H,16,17). The molecule has 1 aromatic heterocycles. The van der Waals surface area contributed by atoms with Crippen LogP contribution in [0.5, 0.6) is 0 Å². The lowest BCUT2D eigenvalue weighted by Crippen LogP contribution is -2.30. The van der Waals surface area contributed by atoms with Crippen molar-refractivity contribution in [2.75, 3.05) is 10.8 Å². The Morgan fingerprint density at radius 2 is 2.24 bits per heavy atom. The van der Waals surface area contributed by atoms with E-state index in [2.05, 4.69) is 10.2 Å². The molecule has 1 N–H and O–H groups in total. The van der Waals surface area contributed by atoms with Crippen LogP contribution in [-0.2, 0) is 22.3 Å². The number of rotatable bonds is 3. The summed E-state index contributed by atoms with van der Waals surface area (Å²) in [6, 6.07) is 4.20. The van der Waals surface area contributed by atoms with Crippen LogP contribution in [0.3, 0.4) is 0 Å². The summed E-state index contributed by atoms with van der Waals surface area (Å²) in [6.07, 6.45) is 0.557. The lowest BCUT2D eigenvalue weighted by atomic mass is 10.2. The van der Waals surface area contributed by atoms with E-state index in [1.165, 1.54) is 16.4 Å². The molecule has 5 nitrogen and oxygen atoms in total. The van der Waals surface area contributed by atoms with E-state index < -0.39 is 15.8 Å². The number of aromatic amines is 1. The minimum atomic E-state index is -3.81. The number of aryl methyl sites for hydroxylation is 1. The molecule has 1 aliphatic rings. The monoisotopic (exact) mass is 329 g/mol. The zero-order valence-corrected chi connectivity index (χ0v) is 12.8. The maximum absolute atomic E-state index is 13.4. The van der Waals surface area contributed by atoms with Crippen LogP contribution in [-0.4, -0.2) is 25.2 Å². The molecule has 0 amide bonds. The summed E-state index contributed by atoms with van der Waals surface area (Å²) in [5.41, 5.74) is 1.90. The third-order valence-electron chi connectivity index (χ3n) is 3.54. The van der Waals surface area contributed by atoms with Gasteiger partial charge in [0.15, 0.2) is 0 Å². The largest absolute Gasteiger partial charge is 0.281 e. The van der Waals surface area contributed by atoms with Gasteiger partial charge in [0.1, 0.15) is 10.7 Å². The van der Waals surface area contributed by atoms with Gasteiger partial charge in [0.25, 0.3) is 10.0 Å². The first kappa shape index (κ1) is 14.3. The molecular formula is C13H13ClFN3O2S. The number of fused-ring (bicyclic) bond motifs is 1. The molecule has 0 unspecified atom stereocenters. The fourth-order valence-corrected chi connectivity index (χ4v) is 4.69. The molecule has 2 aromatic rings. The molecule has 2 heterocycles. The van der Waals surface area contributed by atoms with Crippen LogP contribution in [0.15, 0.2) is 23.1 Å². The normalized spacial score (nSPS) is 14.5. The van der Waals surface area contributed by atoms with Crippen LogP contribution in [0, 0.1) is 12.7 Å². The number of nitrogens with zero attached hydrogens (tertiary/aromatic N) is 2. The van der Waals surface area contributed by atoms with E-state index in [0.29, 0.717) is 17.8 Å². The Bertz CT molecular complexity index is 804. The van der Waals surface area contributed by atoms with Crippen molar-refractivity contribution in [3.63, 3.8) is 0 Å². The highest BCUT2D eigenvalue weighted by molar-refractivity contribution is 7.93. The molecule has 0 saturated carbocycles. The van der Waals surface area contributed by atoms with Crippen LogP contribution >= 0.6 is 11.6 Å². The van der Waals surface area contributed by atoms with Crippen LogP contribution in [0.4, 0.5) is 10.1 Å². The van der Waals surface area contributed by atoms with Crippen LogP contribution in [0.25, 0.3) is 0 Å². The zero-order chi connectivity index (χ0) is 15.2. The van der Waals surface area contributed by atoms with Gasteiger partial charge in [0, 0.05) is 6.54 Å². The molecule has 0 atom stereocenters. The van der Waals surface area contributed by atoms with Crippen LogP contribution in [0.1, 0.15) is 17.0 Å². The van der Waals surface area contributed by atoms with E-state index in [4.69, 9.17) is 11.6 Å². The number of hydrogen-bond donors (Lipinski definition) is 1. The number of hydrogen-bond acceptors (Lipinski definition) is 3. The summed E-state index contributed by atoms with van der Waals surface area (Å²) in [5, 5.41) is 6.55. The summed E-state index contributed by atoms with van der Waals surface area (Å²) in [7, 11) is -3.81. The van der Waals surface area contributed by atoms with Crippen molar-refractivity contribution in [3.8, 4) is 0 Å². The highest BCUT2D eigenvalue weighted by atomic mass is 35.5. The SMILES string of the molecule is Cc1[nH]nc(CCl)c1S(=O)(=O)N1CCc2ccc(F)cc21. The molecule has 0 radical (unpaired) electrons. The van der Waals surface area contributed by atoms with Gasteiger partial charge >= 0.3 is 0 Å². The molecule has 1 aromatic carbocycles. The minimum absolute atomic E-state index is 0.0112. The van der Waals surface area contributed by atoms with E-state index in [1.54, 1.807) is 13.0 Å². The van der Waals surface area contributed by atoms with Gasteiger partial charge < -0.3 is 0 Å². The van der Waals surface area contributed by atoms with Crippen molar-refractivity contribution in [2.24, 2.45) is 0 Å². The van der Waals surface area contributed by atoms with Gasteiger partial charge in [-0.3, -0.25) is 9.40 Å². The highest BCUT2D eigenvalue weighted by Gasteiger charge is 2.35. The van der Waals surface area contributed by atoms with Gasteiger partial charge in [-0.2, -0.15) is 5.10 Å². The molecule has 0 saturated heterocycles. The second-order valence-corrected chi connectivity index (χ2v) is 6.92. The molecule has 1 aliphatic heterocycles. The molecule has 3 rings (SSSR count). The number of sulfonamides is 1. The average Bonchev–Trinajstić information content (AvgIpc) is 3.01. The molecule has 21 heavy (non-hydrogen) atoms. The van der Waals surface area contributed by atoms with Crippen molar-refractivity contribution < 1.29 is 12.8 Å². The number of halogens is 2. The Hall–Kier alpha value is -1.60. The lowest BCUT2D eigenvalue weighted by Gasteiger charge is -2.19. The number of alkyl halides is 1. The molecular weight excluding hydrogens is 317 g/mol. The number of anilines is 1. The van der Waals surface area contributed by atoms with Crippen molar-refractivity contribution in [2.45, 2.75) is 24.1 Å². The van der Waals surface area contributed by atoms with Crippen molar-refractivity contribution in [1.29, 1.82) is 0 Å². The van der Waals surface area contributed by atoms with Crippen molar-refractivity contribution in [3.05, 3.63) is 41.0 Å². The predicted molar refractivity (Wildman–Crippen MR) is 77.5 cm³/mol. The van der Waals surface area contributed by atoms with Gasteiger partial charge in [-0.15, -0.1) is 11.6 Å². The van der Waals surface area contributed by atoms with Crippen molar-refractivity contribution >= 4 is 27.3 Å². The first-order chi connectivity index (χ1) is 9.95. The minimum Gasteiger partial charge on any atom is -0.281 e. The average molecular weight is 330 g/mol. The Balaban J connectivity index is 2.13. The second kappa shape index (κ2) is 4.99. The Morgan fingerprint density at radius 3 is 2.95 bits per heavy atom. The molecule has 0 spiro atoms. The maximum Gasteiger partial charge on any atom is 0.268 e. The smallest absolute Gasteiger partial charge is 0.268 e. The lowest BCUT2D eigenvalue weighted by molar-refractivity contribution is 0.591. The first-order valence-corrected chi connectivity index (χ1v) is 8.33. The van der Waals surface area contributed by atoms with Crippen LogP contribution in [0.2, 0.25) is 0 Å². The quantitative estimate of drug-likeness (QED) is 0.879. The van der Waals surface area contributed by atoms with E-state index in [0.717, 1.165) is 5.56 Å². The number of H-pyrrole nitrogens is 1.